The number of halogens is 6. The summed E-state index contributed by atoms with van der Waals surface area (Å²) >= 11 is 0. The number of H-pyrrole nitrogens is 1. The van der Waals surface area contributed by atoms with Gasteiger partial charge < -0.3 is 15.8 Å². The molecule has 0 aliphatic heterocycles. The SMILES string of the molecule is C[C@H](Oc1cc(-c2[nH]nc(Nc3cc(C(F)(F)F)n(C)n3)c2C(N)=O)ccc1NS(=O)(=O)C(F)F)c1ccc(F)cc1. The first-order valence-corrected chi connectivity index (χ1v) is 13.2. The quantitative estimate of drug-likeness (QED) is 0.184. The van der Waals surface area contributed by atoms with E-state index in [9.17, 15) is 39.6 Å². The van der Waals surface area contributed by atoms with E-state index in [0.29, 0.717) is 16.3 Å². The van der Waals surface area contributed by atoms with Crippen molar-refractivity contribution >= 4 is 33.3 Å². The van der Waals surface area contributed by atoms with Crippen LogP contribution in [0.25, 0.3) is 11.3 Å². The third kappa shape index (κ3) is 6.42. The Labute approximate surface area is 233 Å². The zero-order chi connectivity index (χ0) is 31.0. The van der Waals surface area contributed by atoms with Gasteiger partial charge in [0.05, 0.1) is 11.4 Å². The van der Waals surface area contributed by atoms with Gasteiger partial charge in [-0.15, -0.1) is 0 Å². The first-order valence-electron chi connectivity index (χ1n) is 11.7. The lowest BCUT2D eigenvalue weighted by atomic mass is 10.1. The highest BCUT2D eigenvalue weighted by Crippen LogP contribution is 2.37. The van der Waals surface area contributed by atoms with E-state index in [-0.39, 0.29) is 39.9 Å². The van der Waals surface area contributed by atoms with Crippen molar-refractivity contribution in [2.45, 2.75) is 25.0 Å². The average molecular weight is 618 g/mol. The number of rotatable bonds is 10. The molecule has 18 heteroatoms. The zero-order valence-electron chi connectivity index (χ0n) is 21.5. The Morgan fingerprint density at radius 2 is 1.79 bits per heavy atom. The Bertz CT molecular complexity index is 1720. The lowest BCUT2D eigenvalue weighted by molar-refractivity contribution is -0.143. The van der Waals surface area contributed by atoms with Crippen LogP contribution in [-0.4, -0.2) is 40.1 Å². The summed E-state index contributed by atoms with van der Waals surface area (Å²) in [7, 11) is -4.06. The number of sulfonamides is 1. The molecular weight excluding hydrogens is 596 g/mol. The van der Waals surface area contributed by atoms with Gasteiger partial charge >= 0.3 is 11.9 Å². The number of carbonyl (C=O) groups is 1. The van der Waals surface area contributed by atoms with Crippen molar-refractivity contribution in [3.05, 3.63) is 71.2 Å². The summed E-state index contributed by atoms with van der Waals surface area (Å²) in [5.41, 5.74) is 4.22. The number of hydrogen-bond acceptors (Lipinski definition) is 7. The average Bonchev–Trinajstić information content (AvgIpc) is 3.48. The number of anilines is 3. The van der Waals surface area contributed by atoms with E-state index in [1.54, 1.807) is 4.72 Å². The Morgan fingerprint density at radius 1 is 1.12 bits per heavy atom. The lowest BCUT2D eigenvalue weighted by Crippen LogP contribution is -2.21. The number of aromatic nitrogens is 4. The molecule has 0 fully saturated rings. The normalized spacial score (nSPS) is 12.8. The highest BCUT2D eigenvalue weighted by atomic mass is 32.2. The number of primary amides is 1. The molecule has 0 radical (unpaired) electrons. The van der Waals surface area contributed by atoms with Gasteiger partial charge in [-0.05, 0) is 36.8 Å². The molecule has 0 unspecified atom stereocenters. The van der Waals surface area contributed by atoms with E-state index in [1.807, 2.05) is 0 Å². The summed E-state index contributed by atoms with van der Waals surface area (Å²) in [5.74, 6) is -6.22. The smallest absolute Gasteiger partial charge is 0.433 e. The monoisotopic (exact) mass is 617 g/mol. The van der Waals surface area contributed by atoms with E-state index in [2.05, 4.69) is 20.6 Å². The highest BCUT2D eigenvalue weighted by molar-refractivity contribution is 7.93. The first kappa shape index (κ1) is 30.2. The highest BCUT2D eigenvalue weighted by Gasteiger charge is 2.35. The van der Waals surface area contributed by atoms with Gasteiger partial charge in [0, 0.05) is 18.7 Å². The summed E-state index contributed by atoms with van der Waals surface area (Å²) in [4.78, 5) is 12.4. The van der Waals surface area contributed by atoms with Gasteiger partial charge in [-0.1, -0.05) is 18.2 Å². The third-order valence-electron chi connectivity index (χ3n) is 5.83. The fraction of sp³-hybridized carbons (Fsp3) is 0.208. The molecule has 0 bridgehead atoms. The van der Waals surface area contributed by atoms with Crippen LogP contribution in [0.15, 0.2) is 48.5 Å². The van der Waals surface area contributed by atoms with E-state index in [0.717, 1.165) is 25.2 Å². The molecule has 4 rings (SSSR count). The molecule has 2 aromatic carbocycles. The van der Waals surface area contributed by atoms with E-state index < -0.39 is 45.5 Å². The minimum Gasteiger partial charge on any atom is -0.484 e. The second-order valence-electron chi connectivity index (χ2n) is 8.78. The van der Waals surface area contributed by atoms with Crippen molar-refractivity contribution in [3.8, 4) is 17.0 Å². The second-order valence-corrected chi connectivity index (χ2v) is 10.4. The van der Waals surface area contributed by atoms with Gasteiger partial charge in [0.1, 0.15) is 28.9 Å². The van der Waals surface area contributed by atoms with E-state index in [1.165, 1.54) is 31.2 Å². The number of benzene rings is 2. The fourth-order valence-electron chi connectivity index (χ4n) is 3.85. The summed E-state index contributed by atoms with van der Waals surface area (Å²) in [6, 6.07) is 9.29. The van der Waals surface area contributed by atoms with Crippen molar-refractivity contribution in [2.75, 3.05) is 10.0 Å². The molecule has 0 saturated heterocycles. The van der Waals surface area contributed by atoms with Crippen LogP contribution in [0.4, 0.5) is 43.7 Å². The van der Waals surface area contributed by atoms with Gasteiger partial charge in [-0.2, -0.15) is 32.1 Å². The Hall–Kier alpha value is -4.74. The van der Waals surface area contributed by atoms with Crippen molar-refractivity contribution in [1.29, 1.82) is 0 Å². The molecule has 11 nitrogen and oxygen atoms in total. The summed E-state index contributed by atoms with van der Waals surface area (Å²) < 4.78 is 111. The van der Waals surface area contributed by atoms with Crippen molar-refractivity contribution in [3.63, 3.8) is 0 Å². The van der Waals surface area contributed by atoms with E-state index in [4.69, 9.17) is 10.5 Å². The van der Waals surface area contributed by atoms with Crippen LogP contribution in [0, 0.1) is 5.82 Å². The number of aryl methyl sites for hydroxylation is 1. The maximum Gasteiger partial charge on any atom is 0.433 e. The predicted octanol–water partition coefficient (Wildman–Crippen LogP) is 4.91. The van der Waals surface area contributed by atoms with Gasteiger partial charge in [0.15, 0.2) is 11.6 Å². The molecule has 0 spiro atoms. The Balaban J connectivity index is 1.75. The van der Waals surface area contributed by atoms with Crippen LogP contribution in [0.3, 0.4) is 0 Å². The van der Waals surface area contributed by atoms with Gasteiger partial charge in [-0.25, -0.2) is 12.8 Å². The van der Waals surface area contributed by atoms with Crippen molar-refractivity contribution < 1.29 is 44.3 Å². The van der Waals surface area contributed by atoms with Crippen LogP contribution in [-0.2, 0) is 23.2 Å². The summed E-state index contributed by atoms with van der Waals surface area (Å²) in [5, 5.41) is 12.6. The van der Waals surface area contributed by atoms with Gasteiger partial charge in [-0.3, -0.25) is 19.3 Å². The molecule has 0 aliphatic rings. The number of amides is 1. The molecule has 0 saturated carbocycles. The molecule has 1 atom stereocenters. The summed E-state index contributed by atoms with van der Waals surface area (Å²) in [6.45, 7) is 1.53. The van der Waals surface area contributed by atoms with Crippen molar-refractivity contribution in [2.24, 2.45) is 12.8 Å². The van der Waals surface area contributed by atoms with E-state index >= 15 is 0 Å². The molecule has 224 valence electrons. The number of hydrogen-bond donors (Lipinski definition) is 4. The molecule has 1 amide bonds. The second kappa shape index (κ2) is 11.3. The number of nitrogens with zero attached hydrogens (tertiary/aromatic N) is 3. The molecule has 5 N–H and O–H groups in total. The summed E-state index contributed by atoms with van der Waals surface area (Å²) in [6.07, 6.45) is -5.56. The van der Waals surface area contributed by atoms with Gasteiger partial charge in [0.2, 0.25) is 0 Å². The molecule has 42 heavy (non-hydrogen) atoms. The largest absolute Gasteiger partial charge is 0.484 e. The number of carbonyl (C=O) groups excluding carboxylic acids is 1. The topological polar surface area (TPSA) is 157 Å². The molecular formula is C24H21F6N7O4S. The van der Waals surface area contributed by atoms with Crippen LogP contribution < -0.4 is 20.5 Å². The van der Waals surface area contributed by atoms with Crippen LogP contribution in [0.2, 0.25) is 0 Å². The number of nitrogens with two attached hydrogens (primary N) is 1. The van der Waals surface area contributed by atoms with Crippen LogP contribution in [0.5, 0.6) is 5.75 Å². The minimum atomic E-state index is -5.13. The number of ether oxygens (including phenoxy) is 1. The maximum atomic E-state index is 13.4. The van der Waals surface area contributed by atoms with Crippen LogP contribution in [0.1, 0.15) is 34.6 Å². The Kier molecular flexibility index (Phi) is 8.11. The molecule has 0 aliphatic carbocycles. The standard InChI is InChI=1S/C24H21F6N7O4S/c1-11(12-3-6-14(25)7-4-12)41-16-9-13(5-8-15(16)36-42(39,40)23(26)27)20-19(21(31)38)22(34-33-20)32-18-10-17(24(28,29)30)37(2)35-18/h3-11,23,36H,1-2H3,(H2,31,38)(H2,32,33,34,35)/t11-/m0/s1. The predicted molar refractivity (Wildman–Crippen MR) is 138 cm³/mol. The third-order valence-corrected chi connectivity index (χ3v) is 6.80. The van der Waals surface area contributed by atoms with Crippen LogP contribution >= 0.6 is 0 Å². The molecule has 2 aromatic heterocycles. The maximum absolute atomic E-state index is 13.4. The number of alkyl halides is 5. The molecule has 2 heterocycles. The zero-order valence-corrected chi connectivity index (χ0v) is 22.3. The fourth-order valence-corrected chi connectivity index (χ4v) is 4.41. The minimum absolute atomic E-state index is 0.0699. The lowest BCUT2D eigenvalue weighted by Gasteiger charge is -2.19. The number of aromatic amines is 1. The Morgan fingerprint density at radius 3 is 2.36 bits per heavy atom. The first-order chi connectivity index (χ1) is 19.6. The molecule has 4 aromatic rings. The van der Waals surface area contributed by atoms with Gasteiger partial charge in [0.25, 0.3) is 15.9 Å². The van der Waals surface area contributed by atoms with Crippen molar-refractivity contribution in [1.82, 2.24) is 20.0 Å². The number of nitrogens with one attached hydrogen (secondary N) is 3.